The second kappa shape index (κ2) is 4.92. The summed E-state index contributed by atoms with van der Waals surface area (Å²) in [6.45, 7) is 4.49. The van der Waals surface area contributed by atoms with Crippen molar-refractivity contribution in [2.24, 2.45) is 0 Å². The Hall–Kier alpha value is 0.0400. The molecule has 12 heavy (non-hydrogen) atoms. The lowest BCUT2D eigenvalue weighted by atomic mass is 10.3. The number of hydrogen-bond acceptors (Lipinski definition) is 2. The molecule has 0 saturated carbocycles. The molecule has 0 aromatic heterocycles. The molecule has 0 aromatic rings. The van der Waals surface area contributed by atoms with Gasteiger partial charge in [-0.1, -0.05) is 6.92 Å². The first-order chi connectivity index (χ1) is 5.74. The third-order valence-corrected chi connectivity index (χ3v) is 3.76. The molecule has 1 rings (SSSR count). The van der Waals surface area contributed by atoms with Crippen LogP contribution in [-0.2, 0) is 0 Å². The lowest BCUT2D eigenvalue weighted by Gasteiger charge is -2.22. The summed E-state index contributed by atoms with van der Waals surface area (Å²) in [4.78, 5) is 2.26. The molecule has 1 N–H and O–H groups in total. The van der Waals surface area contributed by atoms with Crippen molar-refractivity contribution in [2.75, 3.05) is 25.9 Å². The van der Waals surface area contributed by atoms with E-state index in [4.69, 9.17) is 12.2 Å². The van der Waals surface area contributed by atoms with Crippen molar-refractivity contribution in [3.63, 3.8) is 0 Å². The van der Waals surface area contributed by atoms with Crippen molar-refractivity contribution in [3.05, 3.63) is 0 Å². The molecular weight excluding hydrogens is 188 g/mol. The molecule has 1 aliphatic heterocycles. The van der Waals surface area contributed by atoms with Crippen molar-refractivity contribution in [2.45, 2.75) is 18.6 Å². The molecule has 0 aromatic carbocycles. The lowest BCUT2D eigenvalue weighted by Crippen LogP contribution is -2.39. The zero-order chi connectivity index (χ0) is 8.97. The number of rotatable bonds is 0. The molecule has 0 radical (unpaired) electrons. The van der Waals surface area contributed by atoms with Gasteiger partial charge in [0.1, 0.15) is 0 Å². The van der Waals surface area contributed by atoms with E-state index in [0.29, 0.717) is 0 Å². The van der Waals surface area contributed by atoms with Gasteiger partial charge in [-0.2, -0.15) is 11.8 Å². The Morgan fingerprint density at radius 2 is 2.33 bits per heavy atom. The Kier molecular flexibility index (Phi) is 4.15. The molecule has 70 valence electrons. The predicted molar refractivity (Wildman–Crippen MR) is 59.8 cm³/mol. The predicted octanol–water partition coefficient (Wildman–Crippen LogP) is 1.32. The molecule has 1 saturated heterocycles. The van der Waals surface area contributed by atoms with E-state index in [1.807, 2.05) is 18.8 Å². The topological polar surface area (TPSA) is 15.3 Å². The van der Waals surface area contributed by atoms with Crippen LogP contribution in [0.15, 0.2) is 0 Å². The van der Waals surface area contributed by atoms with E-state index < -0.39 is 0 Å². The Morgan fingerprint density at radius 1 is 1.58 bits per heavy atom. The summed E-state index contributed by atoms with van der Waals surface area (Å²) in [7, 11) is 1.89. The van der Waals surface area contributed by atoms with Gasteiger partial charge in [0.05, 0.1) is 0 Å². The van der Waals surface area contributed by atoms with E-state index in [1.165, 1.54) is 12.2 Å². The Morgan fingerprint density at radius 3 is 3.00 bits per heavy atom. The summed E-state index contributed by atoms with van der Waals surface area (Å²) < 4.78 is 0. The highest BCUT2D eigenvalue weighted by atomic mass is 32.2. The molecule has 0 amide bonds. The molecule has 0 spiro atoms. The fourth-order valence-corrected chi connectivity index (χ4v) is 2.44. The Balaban J connectivity index is 2.40. The van der Waals surface area contributed by atoms with Crippen LogP contribution >= 0.6 is 24.0 Å². The molecule has 1 heterocycles. The van der Waals surface area contributed by atoms with Gasteiger partial charge >= 0.3 is 0 Å². The number of nitrogens with one attached hydrogen (secondary N) is 1. The number of thiocarbonyl (C=S) groups is 1. The second-order valence-corrected chi connectivity index (χ2v) is 4.95. The average molecular weight is 204 g/mol. The van der Waals surface area contributed by atoms with Crippen molar-refractivity contribution in [1.29, 1.82) is 0 Å². The van der Waals surface area contributed by atoms with Gasteiger partial charge in [-0.05, 0) is 18.6 Å². The molecule has 0 aliphatic carbocycles. The molecule has 1 atom stereocenters. The summed E-state index contributed by atoms with van der Waals surface area (Å²) >= 11 is 7.22. The molecule has 1 unspecified atom stereocenters. The van der Waals surface area contributed by atoms with Gasteiger partial charge in [0.2, 0.25) is 0 Å². The van der Waals surface area contributed by atoms with Crippen LogP contribution in [0.4, 0.5) is 0 Å². The van der Waals surface area contributed by atoms with Gasteiger partial charge in [0, 0.05) is 31.1 Å². The van der Waals surface area contributed by atoms with E-state index in [1.54, 1.807) is 0 Å². The first-order valence-corrected chi connectivity index (χ1v) is 5.78. The maximum absolute atomic E-state index is 5.18. The number of nitrogens with zero attached hydrogens (tertiary/aromatic N) is 1. The van der Waals surface area contributed by atoms with E-state index >= 15 is 0 Å². The van der Waals surface area contributed by atoms with E-state index in [-0.39, 0.29) is 0 Å². The van der Waals surface area contributed by atoms with Gasteiger partial charge < -0.3 is 10.2 Å². The van der Waals surface area contributed by atoms with Crippen LogP contribution in [0, 0.1) is 0 Å². The van der Waals surface area contributed by atoms with E-state index in [9.17, 15) is 0 Å². The van der Waals surface area contributed by atoms with Crippen LogP contribution in [0.3, 0.4) is 0 Å². The smallest absolute Gasteiger partial charge is 0.168 e. The molecule has 4 heteroatoms. The van der Waals surface area contributed by atoms with Crippen molar-refractivity contribution < 1.29 is 0 Å². The van der Waals surface area contributed by atoms with Crippen LogP contribution in [0.25, 0.3) is 0 Å². The van der Waals surface area contributed by atoms with Gasteiger partial charge in [-0.25, -0.2) is 0 Å². The summed E-state index contributed by atoms with van der Waals surface area (Å²) in [5, 5.41) is 4.71. The van der Waals surface area contributed by atoms with E-state index in [0.717, 1.165) is 23.5 Å². The summed E-state index contributed by atoms with van der Waals surface area (Å²) in [6, 6.07) is 0. The third kappa shape index (κ3) is 2.83. The summed E-state index contributed by atoms with van der Waals surface area (Å²) in [6.07, 6.45) is 1.24. The summed E-state index contributed by atoms with van der Waals surface area (Å²) in [5.41, 5.74) is 0. The van der Waals surface area contributed by atoms with Crippen molar-refractivity contribution in [3.8, 4) is 0 Å². The molecular formula is C8H16N2S2. The fourth-order valence-electron chi connectivity index (χ4n) is 1.26. The van der Waals surface area contributed by atoms with Crippen LogP contribution in [-0.4, -0.2) is 41.2 Å². The van der Waals surface area contributed by atoms with Crippen LogP contribution < -0.4 is 5.32 Å². The number of hydrogen-bond donors (Lipinski definition) is 1. The Labute approximate surface area is 84.1 Å². The van der Waals surface area contributed by atoms with Gasteiger partial charge in [-0.3, -0.25) is 0 Å². The van der Waals surface area contributed by atoms with Crippen LogP contribution in [0.5, 0.6) is 0 Å². The maximum Gasteiger partial charge on any atom is 0.168 e. The first kappa shape index (κ1) is 10.1. The highest BCUT2D eigenvalue weighted by Gasteiger charge is 2.14. The maximum atomic E-state index is 5.18. The quantitative estimate of drug-likeness (QED) is 0.598. The van der Waals surface area contributed by atoms with Crippen molar-refractivity contribution in [1.82, 2.24) is 10.2 Å². The SMILES string of the molecule is CNC(=S)N1CCSC(C)CC1. The summed E-state index contributed by atoms with van der Waals surface area (Å²) in [5.74, 6) is 1.20. The lowest BCUT2D eigenvalue weighted by molar-refractivity contribution is 0.438. The largest absolute Gasteiger partial charge is 0.366 e. The molecule has 0 bridgehead atoms. The standard InChI is InChI=1S/C8H16N2S2/c1-7-3-4-10(5-6-12-7)8(11)9-2/h7H,3-6H2,1-2H3,(H,9,11). The molecule has 1 aliphatic rings. The van der Waals surface area contributed by atoms with E-state index in [2.05, 4.69) is 17.1 Å². The highest BCUT2D eigenvalue weighted by Crippen LogP contribution is 2.18. The van der Waals surface area contributed by atoms with Gasteiger partial charge in [-0.15, -0.1) is 0 Å². The Bertz CT molecular complexity index is 161. The zero-order valence-corrected chi connectivity index (χ0v) is 9.30. The monoisotopic (exact) mass is 204 g/mol. The number of thioether (sulfide) groups is 1. The minimum absolute atomic E-state index is 0.787. The fraction of sp³-hybridized carbons (Fsp3) is 0.875. The minimum Gasteiger partial charge on any atom is -0.366 e. The first-order valence-electron chi connectivity index (χ1n) is 4.32. The third-order valence-electron chi connectivity index (χ3n) is 2.07. The molecule has 1 fully saturated rings. The minimum atomic E-state index is 0.787. The van der Waals surface area contributed by atoms with Gasteiger partial charge in [0.15, 0.2) is 5.11 Å². The molecule has 2 nitrogen and oxygen atoms in total. The van der Waals surface area contributed by atoms with Crippen LogP contribution in [0.2, 0.25) is 0 Å². The zero-order valence-electron chi connectivity index (χ0n) is 7.67. The van der Waals surface area contributed by atoms with Crippen molar-refractivity contribution >= 4 is 29.1 Å². The normalized spacial score (nSPS) is 24.8. The second-order valence-electron chi connectivity index (χ2n) is 3.01. The average Bonchev–Trinajstić information content (AvgIpc) is 2.29. The highest BCUT2D eigenvalue weighted by molar-refractivity contribution is 7.99. The van der Waals surface area contributed by atoms with Crippen LogP contribution in [0.1, 0.15) is 13.3 Å². The van der Waals surface area contributed by atoms with Gasteiger partial charge in [0.25, 0.3) is 0 Å².